The van der Waals surface area contributed by atoms with Gasteiger partial charge in [0, 0.05) is 0 Å². The van der Waals surface area contributed by atoms with Crippen LogP contribution in [0.4, 0.5) is 9.59 Å². The van der Waals surface area contributed by atoms with Crippen molar-refractivity contribution < 1.29 is 14.7 Å². The number of imide groups is 1. The number of rotatable bonds is 0. The quantitative estimate of drug-likeness (QED) is 0.249. The number of aliphatic hydroxyl groups excluding tert-OH is 1. The van der Waals surface area contributed by atoms with Crippen molar-refractivity contribution in [2.75, 3.05) is 0 Å². The summed E-state index contributed by atoms with van der Waals surface area (Å²) in [5.74, 6) is 0. The van der Waals surface area contributed by atoms with E-state index in [4.69, 9.17) is 5.11 Å². The standard InChI is InChI=1S/C3H5N3O3.C3H3N3O3/c2*7-1-4-2(8)6-3(9)5-1/h1,7H,(H3,4,5,6,8,9);(H3,4,5,6,7,8,9). The Hall–Kier alpha value is -2.89. The van der Waals surface area contributed by atoms with Crippen LogP contribution in [0.25, 0.3) is 0 Å². The van der Waals surface area contributed by atoms with E-state index in [-0.39, 0.29) is 0 Å². The zero-order valence-corrected chi connectivity index (χ0v) is 8.57. The van der Waals surface area contributed by atoms with Crippen LogP contribution >= 0.6 is 0 Å². The number of amides is 4. The third-order valence-electron chi connectivity index (χ3n) is 1.44. The molecule has 0 aromatic carbocycles. The fraction of sp³-hybridized carbons (Fsp3) is 0.167. The van der Waals surface area contributed by atoms with Crippen molar-refractivity contribution in [2.45, 2.75) is 6.35 Å². The Labute approximate surface area is 96.4 Å². The molecule has 2 rings (SSSR count). The van der Waals surface area contributed by atoms with E-state index in [0.29, 0.717) is 0 Å². The molecule has 1 aliphatic rings. The van der Waals surface area contributed by atoms with E-state index in [9.17, 15) is 24.0 Å². The molecule has 98 valence electrons. The maximum absolute atomic E-state index is 10.2. The average molecular weight is 260 g/mol. The lowest BCUT2D eigenvalue weighted by atomic mass is 10.7. The molecule has 0 spiro atoms. The van der Waals surface area contributed by atoms with E-state index in [1.54, 1.807) is 15.0 Å². The smallest absolute Gasteiger partial charge is 0.330 e. The second-order valence-electron chi connectivity index (χ2n) is 2.84. The first-order chi connectivity index (χ1) is 8.36. The molecule has 12 nitrogen and oxygen atoms in total. The minimum absolute atomic E-state index is 0.703. The lowest BCUT2D eigenvalue weighted by Crippen LogP contribution is -2.61. The van der Waals surface area contributed by atoms with Crippen LogP contribution < -0.4 is 33.0 Å². The molecule has 1 aromatic heterocycles. The van der Waals surface area contributed by atoms with Gasteiger partial charge in [0.2, 0.25) is 6.35 Å². The Kier molecular flexibility index (Phi) is 3.98. The molecule has 1 aliphatic heterocycles. The van der Waals surface area contributed by atoms with Gasteiger partial charge in [0.05, 0.1) is 0 Å². The summed E-state index contributed by atoms with van der Waals surface area (Å²) >= 11 is 0. The van der Waals surface area contributed by atoms with Crippen LogP contribution in [0.3, 0.4) is 0 Å². The molecule has 1 fully saturated rings. The molecule has 4 amide bonds. The Morgan fingerprint density at radius 2 is 1.06 bits per heavy atom. The number of carbonyl (C=O) groups is 2. The number of nitrogens with one attached hydrogen (secondary N) is 6. The molecule has 0 radical (unpaired) electrons. The van der Waals surface area contributed by atoms with Gasteiger partial charge in [0.1, 0.15) is 0 Å². The van der Waals surface area contributed by atoms with Gasteiger partial charge in [-0.3, -0.25) is 30.9 Å². The Morgan fingerprint density at radius 1 is 0.722 bits per heavy atom. The van der Waals surface area contributed by atoms with Crippen molar-refractivity contribution in [1.29, 1.82) is 0 Å². The molecule has 0 unspecified atom stereocenters. The third-order valence-corrected chi connectivity index (χ3v) is 1.44. The summed E-state index contributed by atoms with van der Waals surface area (Å²) in [6.45, 7) is 0. The summed E-state index contributed by atoms with van der Waals surface area (Å²) in [4.78, 5) is 56.4. The third kappa shape index (κ3) is 4.31. The highest BCUT2D eigenvalue weighted by molar-refractivity contribution is 5.95. The van der Waals surface area contributed by atoms with Crippen LogP contribution in [-0.4, -0.2) is 38.5 Å². The van der Waals surface area contributed by atoms with Crippen molar-refractivity contribution in [3.8, 4) is 0 Å². The average Bonchev–Trinajstić information content (AvgIpc) is 2.12. The maximum atomic E-state index is 10.2. The van der Waals surface area contributed by atoms with Crippen LogP contribution in [0.15, 0.2) is 14.4 Å². The van der Waals surface area contributed by atoms with Crippen LogP contribution in [0.1, 0.15) is 0 Å². The van der Waals surface area contributed by atoms with E-state index in [1.807, 2.05) is 16.0 Å². The van der Waals surface area contributed by atoms with Gasteiger partial charge in [-0.15, -0.1) is 0 Å². The Balaban J connectivity index is 0.000000180. The first-order valence-corrected chi connectivity index (χ1v) is 4.36. The molecule has 0 bridgehead atoms. The van der Waals surface area contributed by atoms with Crippen molar-refractivity contribution in [3.05, 3.63) is 31.5 Å². The topological polar surface area (TPSA) is 189 Å². The van der Waals surface area contributed by atoms with Crippen LogP contribution in [0, 0.1) is 0 Å². The SMILES string of the molecule is O=C1NC(=O)NC(O)N1.O=c1[nH]c(=O)[nH]c(=O)[nH]1. The summed E-state index contributed by atoms with van der Waals surface area (Å²) in [7, 11) is 0. The fourth-order valence-electron chi connectivity index (χ4n) is 0.863. The number of aromatic nitrogens is 3. The molecule has 1 saturated heterocycles. The van der Waals surface area contributed by atoms with E-state index in [1.165, 1.54) is 0 Å². The molecular weight excluding hydrogens is 252 g/mol. The monoisotopic (exact) mass is 260 g/mol. The lowest BCUT2D eigenvalue weighted by molar-refractivity contribution is 0.105. The summed E-state index contributed by atoms with van der Waals surface area (Å²) in [5, 5.41) is 14.4. The van der Waals surface area contributed by atoms with E-state index < -0.39 is 35.5 Å². The van der Waals surface area contributed by atoms with E-state index in [2.05, 4.69) is 0 Å². The molecular formula is C6H8N6O6. The number of hydrogen-bond donors (Lipinski definition) is 7. The van der Waals surface area contributed by atoms with Crippen molar-refractivity contribution >= 4 is 12.1 Å². The van der Waals surface area contributed by atoms with Gasteiger partial charge in [0.15, 0.2) is 0 Å². The van der Waals surface area contributed by atoms with Crippen LogP contribution in [-0.2, 0) is 0 Å². The number of aromatic amines is 3. The van der Waals surface area contributed by atoms with Crippen LogP contribution in [0.2, 0.25) is 0 Å². The van der Waals surface area contributed by atoms with Gasteiger partial charge in [0.25, 0.3) is 0 Å². The lowest BCUT2D eigenvalue weighted by Gasteiger charge is -2.19. The Morgan fingerprint density at radius 3 is 1.33 bits per heavy atom. The second kappa shape index (κ2) is 5.44. The number of hydrogen-bond acceptors (Lipinski definition) is 6. The van der Waals surface area contributed by atoms with Crippen molar-refractivity contribution in [3.63, 3.8) is 0 Å². The predicted molar refractivity (Wildman–Crippen MR) is 54.5 cm³/mol. The van der Waals surface area contributed by atoms with Crippen molar-refractivity contribution in [2.24, 2.45) is 0 Å². The normalized spacial score (nSPS) is 14.7. The highest BCUT2D eigenvalue weighted by Crippen LogP contribution is 1.78. The second-order valence-corrected chi connectivity index (χ2v) is 2.84. The van der Waals surface area contributed by atoms with E-state index >= 15 is 0 Å². The van der Waals surface area contributed by atoms with Gasteiger partial charge in [-0.25, -0.2) is 24.0 Å². The minimum Gasteiger partial charge on any atom is -0.356 e. The molecule has 2 heterocycles. The van der Waals surface area contributed by atoms with Gasteiger partial charge in [-0.2, -0.15) is 0 Å². The van der Waals surface area contributed by atoms with Crippen molar-refractivity contribution in [1.82, 2.24) is 30.9 Å². The number of aliphatic hydroxyl groups is 1. The van der Waals surface area contributed by atoms with Crippen LogP contribution in [0.5, 0.6) is 0 Å². The summed E-state index contributed by atoms with van der Waals surface area (Å²) in [5.41, 5.74) is -2.41. The number of carbonyl (C=O) groups excluding carboxylic acids is 2. The summed E-state index contributed by atoms with van der Waals surface area (Å²) < 4.78 is 0. The van der Waals surface area contributed by atoms with Gasteiger partial charge in [-0.05, 0) is 0 Å². The zero-order chi connectivity index (χ0) is 13.7. The highest BCUT2D eigenvalue weighted by Gasteiger charge is 2.19. The predicted octanol–water partition coefficient (Wildman–Crippen LogP) is -3.96. The van der Waals surface area contributed by atoms with Gasteiger partial charge in [-0.1, -0.05) is 0 Å². The molecule has 1 aromatic rings. The van der Waals surface area contributed by atoms with Gasteiger partial charge >= 0.3 is 29.1 Å². The first kappa shape index (κ1) is 13.2. The number of urea groups is 2. The van der Waals surface area contributed by atoms with Gasteiger partial charge < -0.3 is 5.11 Å². The zero-order valence-electron chi connectivity index (χ0n) is 8.57. The molecule has 0 atom stereocenters. The molecule has 12 heteroatoms. The fourth-order valence-corrected chi connectivity index (χ4v) is 0.863. The largest absolute Gasteiger partial charge is 0.356 e. The summed E-state index contributed by atoms with van der Waals surface area (Å²) in [6.07, 6.45) is -1.27. The minimum atomic E-state index is -1.27. The summed E-state index contributed by atoms with van der Waals surface area (Å²) in [6, 6.07) is -1.41. The molecule has 0 saturated carbocycles. The highest BCUT2D eigenvalue weighted by atomic mass is 16.3. The number of H-pyrrole nitrogens is 3. The molecule has 0 aliphatic carbocycles. The maximum Gasteiger partial charge on any atom is 0.330 e. The Bertz CT molecular complexity index is 517. The molecule has 18 heavy (non-hydrogen) atoms. The van der Waals surface area contributed by atoms with E-state index in [0.717, 1.165) is 0 Å². The molecule has 7 N–H and O–H groups in total. The first-order valence-electron chi connectivity index (χ1n) is 4.36.